The predicted octanol–water partition coefficient (Wildman–Crippen LogP) is 5.64. The fraction of sp³-hybridized carbons (Fsp3) is 0.294. The minimum absolute atomic E-state index is 0.0157. The molecule has 0 fully saturated rings. The van der Waals surface area contributed by atoms with Crippen LogP contribution in [0.2, 0.25) is 5.02 Å². The predicted molar refractivity (Wildman–Crippen MR) is 90.4 cm³/mol. The molecule has 0 aliphatic carbocycles. The van der Waals surface area contributed by atoms with E-state index in [4.69, 9.17) is 11.6 Å². The molecule has 0 amide bonds. The quantitative estimate of drug-likeness (QED) is 0.718. The van der Waals surface area contributed by atoms with Crippen molar-refractivity contribution in [1.82, 2.24) is 5.32 Å². The number of hydrogen-bond donors (Lipinski definition) is 1. The van der Waals surface area contributed by atoms with E-state index < -0.39 is 0 Å². The van der Waals surface area contributed by atoms with Crippen LogP contribution in [0.5, 0.6) is 0 Å². The van der Waals surface area contributed by atoms with Crippen LogP contribution in [0.4, 0.5) is 4.39 Å². The highest BCUT2D eigenvalue weighted by molar-refractivity contribution is 9.10. The molecule has 2 aromatic rings. The van der Waals surface area contributed by atoms with Crippen LogP contribution in [-0.4, -0.2) is 6.54 Å². The zero-order valence-corrected chi connectivity index (χ0v) is 14.4. The lowest BCUT2D eigenvalue weighted by Gasteiger charge is -2.21. The molecular weight excluding hydrogens is 353 g/mol. The number of aryl methyl sites for hydroxylation is 1. The first kappa shape index (κ1) is 16.5. The molecule has 4 heteroatoms. The Morgan fingerprint density at radius 1 is 1.24 bits per heavy atom. The van der Waals surface area contributed by atoms with Gasteiger partial charge < -0.3 is 5.32 Å². The number of halogens is 3. The van der Waals surface area contributed by atoms with Gasteiger partial charge in [-0.25, -0.2) is 4.39 Å². The molecule has 0 saturated carbocycles. The smallest absolute Gasteiger partial charge is 0.124 e. The number of nitrogens with one attached hydrogen (secondary N) is 1. The van der Waals surface area contributed by atoms with Gasteiger partial charge in [0.05, 0.1) is 6.04 Å². The zero-order valence-electron chi connectivity index (χ0n) is 12.1. The van der Waals surface area contributed by atoms with Gasteiger partial charge >= 0.3 is 0 Å². The summed E-state index contributed by atoms with van der Waals surface area (Å²) in [5.41, 5.74) is 3.13. The maximum atomic E-state index is 13.3. The molecule has 21 heavy (non-hydrogen) atoms. The Morgan fingerprint density at radius 2 is 2.00 bits per heavy atom. The molecule has 0 radical (unpaired) electrons. The fourth-order valence-electron chi connectivity index (χ4n) is 2.22. The summed E-state index contributed by atoms with van der Waals surface area (Å²) >= 11 is 9.70. The number of rotatable bonds is 5. The summed E-state index contributed by atoms with van der Waals surface area (Å²) in [6.45, 7) is 4.97. The maximum Gasteiger partial charge on any atom is 0.124 e. The normalized spacial score (nSPS) is 12.4. The molecule has 0 aliphatic heterocycles. The van der Waals surface area contributed by atoms with Crippen molar-refractivity contribution in [1.29, 1.82) is 0 Å². The molecule has 0 bridgehead atoms. The van der Waals surface area contributed by atoms with Crippen LogP contribution in [0.25, 0.3) is 0 Å². The Kier molecular flexibility index (Phi) is 5.80. The van der Waals surface area contributed by atoms with Crippen molar-refractivity contribution in [3.8, 4) is 0 Å². The third-order valence-electron chi connectivity index (χ3n) is 3.40. The van der Waals surface area contributed by atoms with Crippen LogP contribution in [0, 0.1) is 12.7 Å². The lowest BCUT2D eigenvalue weighted by molar-refractivity contribution is 0.590. The van der Waals surface area contributed by atoms with Crippen LogP contribution in [0.3, 0.4) is 0 Å². The SMILES string of the molecule is CCCNC(c1ccc(C)c(Cl)c1)c1ccc(F)cc1Br. The summed E-state index contributed by atoms with van der Waals surface area (Å²) in [5, 5.41) is 4.24. The molecule has 0 aromatic heterocycles. The van der Waals surface area contributed by atoms with E-state index in [1.165, 1.54) is 12.1 Å². The maximum absolute atomic E-state index is 13.3. The van der Waals surface area contributed by atoms with Crippen LogP contribution in [0.15, 0.2) is 40.9 Å². The Labute approximate surface area is 138 Å². The monoisotopic (exact) mass is 369 g/mol. The van der Waals surface area contributed by atoms with Crippen LogP contribution >= 0.6 is 27.5 Å². The Hall–Kier alpha value is -0.900. The molecule has 1 N–H and O–H groups in total. The Morgan fingerprint density at radius 3 is 2.62 bits per heavy atom. The third-order valence-corrected chi connectivity index (χ3v) is 4.50. The van der Waals surface area contributed by atoms with Gasteiger partial charge in [-0.05, 0) is 54.8 Å². The fourth-order valence-corrected chi connectivity index (χ4v) is 2.99. The summed E-state index contributed by atoms with van der Waals surface area (Å²) < 4.78 is 14.1. The van der Waals surface area contributed by atoms with Crippen molar-refractivity contribution in [2.45, 2.75) is 26.3 Å². The van der Waals surface area contributed by atoms with Crippen molar-refractivity contribution in [2.75, 3.05) is 6.54 Å². The van der Waals surface area contributed by atoms with Gasteiger partial charge in [0.1, 0.15) is 5.82 Å². The lowest BCUT2D eigenvalue weighted by atomic mass is 9.97. The third kappa shape index (κ3) is 4.06. The van der Waals surface area contributed by atoms with Gasteiger partial charge in [-0.3, -0.25) is 0 Å². The first-order chi connectivity index (χ1) is 10.0. The van der Waals surface area contributed by atoms with Crippen LogP contribution in [-0.2, 0) is 0 Å². The molecule has 2 aromatic carbocycles. The summed E-state index contributed by atoms with van der Waals surface area (Å²) in [7, 11) is 0. The molecule has 1 unspecified atom stereocenters. The largest absolute Gasteiger partial charge is 0.306 e. The molecule has 1 atom stereocenters. The van der Waals surface area contributed by atoms with E-state index in [0.29, 0.717) is 0 Å². The van der Waals surface area contributed by atoms with Gasteiger partial charge in [0, 0.05) is 9.50 Å². The number of hydrogen-bond acceptors (Lipinski definition) is 1. The van der Waals surface area contributed by atoms with Crippen molar-refractivity contribution in [3.05, 3.63) is 68.4 Å². The zero-order chi connectivity index (χ0) is 15.4. The van der Waals surface area contributed by atoms with Crippen molar-refractivity contribution < 1.29 is 4.39 Å². The average molecular weight is 371 g/mol. The molecule has 2 rings (SSSR count). The standard InChI is InChI=1S/C17H18BrClFN/c1-3-8-21-17(12-5-4-11(2)16(19)9-12)14-7-6-13(20)10-15(14)18/h4-7,9-10,17,21H,3,8H2,1-2H3. The minimum atomic E-state index is -0.248. The van der Waals surface area contributed by atoms with E-state index in [-0.39, 0.29) is 11.9 Å². The highest BCUT2D eigenvalue weighted by Gasteiger charge is 2.17. The van der Waals surface area contributed by atoms with E-state index in [0.717, 1.165) is 39.2 Å². The van der Waals surface area contributed by atoms with E-state index in [9.17, 15) is 4.39 Å². The molecule has 0 saturated heterocycles. The summed E-state index contributed by atoms with van der Waals surface area (Å²) in [6.07, 6.45) is 1.02. The van der Waals surface area contributed by atoms with E-state index in [1.807, 2.05) is 19.1 Å². The van der Waals surface area contributed by atoms with Crippen molar-refractivity contribution in [3.63, 3.8) is 0 Å². The minimum Gasteiger partial charge on any atom is -0.306 e. The van der Waals surface area contributed by atoms with E-state index in [1.54, 1.807) is 6.07 Å². The van der Waals surface area contributed by atoms with Gasteiger partial charge in [0.15, 0.2) is 0 Å². The van der Waals surface area contributed by atoms with Gasteiger partial charge in [0.25, 0.3) is 0 Å². The summed E-state index contributed by atoms with van der Waals surface area (Å²) in [6, 6.07) is 10.8. The summed E-state index contributed by atoms with van der Waals surface area (Å²) in [4.78, 5) is 0. The molecule has 1 nitrogen and oxygen atoms in total. The Bertz CT molecular complexity index is 630. The van der Waals surface area contributed by atoms with E-state index in [2.05, 4.69) is 34.2 Å². The van der Waals surface area contributed by atoms with Crippen LogP contribution < -0.4 is 5.32 Å². The Balaban J connectivity index is 2.44. The first-order valence-electron chi connectivity index (χ1n) is 6.97. The highest BCUT2D eigenvalue weighted by atomic mass is 79.9. The van der Waals surface area contributed by atoms with Gasteiger partial charge in [-0.2, -0.15) is 0 Å². The first-order valence-corrected chi connectivity index (χ1v) is 8.14. The molecule has 112 valence electrons. The second-order valence-electron chi connectivity index (χ2n) is 5.06. The van der Waals surface area contributed by atoms with E-state index >= 15 is 0 Å². The molecule has 0 spiro atoms. The van der Waals surface area contributed by atoms with Gasteiger partial charge in [-0.1, -0.05) is 52.7 Å². The second kappa shape index (κ2) is 7.39. The highest BCUT2D eigenvalue weighted by Crippen LogP contribution is 2.31. The van der Waals surface area contributed by atoms with Gasteiger partial charge in [-0.15, -0.1) is 0 Å². The number of benzene rings is 2. The lowest BCUT2D eigenvalue weighted by Crippen LogP contribution is -2.23. The average Bonchev–Trinajstić information content (AvgIpc) is 2.44. The second-order valence-corrected chi connectivity index (χ2v) is 6.32. The topological polar surface area (TPSA) is 12.0 Å². The molecular formula is C17H18BrClFN. The van der Waals surface area contributed by atoms with Crippen molar-refractivity contribution in [2.24, 2.45) is 0 Å². The van der Waals surface area contributed by atoms with Gasteiger partial charge in [0.2, 0.25) is 0 Å². The summed E-state index contributed by atoms with van der Waals surface area (Å²) in [5.74, 6) is -0.248. The molecule has 0 heterocycles. The van der Waals surface area contributed by atoms with Crippen molar-refractivity contribution >= 4 is 27.5 Å². The van der Waals surface area contributed by atoms with Crippen LogP contribution in [0.1, 0.15) is 36.1 Å². The molecule has 0 aliphatic rings.